The smallest absolute Gasteiger partial charge is 0.407 e. The van der Waals surface area contributed by atoms with Crippen molar-refractivity contribution in [1.29, 1.82) is 0 Å². The first kappa shape index (κ1) is 25.5. The van der Waals surface area contributed by atoms with Gasteiger partial charge >= 0.3 is 6.09 Å². The number of nitrogens with one attached hydrogen (secondary N) is 1. The standard InChI is InChI=1S/C26H37N5O3/c1-17-11-20(9-10-21(17)13-29-25(32)34-26(4,5)6)24(27-7)23-12-22(16-31(23)28-8)30-14-18(2)33-19(3)15-30/h9-12,16,18-19H,8,13-15H2,1-7H3,(H,29,32)/t18-,19-/m1/s1. The van der Waals surface area contributed by atoms with E-state index in [0.717, 1.165) is 46.9 Å². The fraction of sp³-hybridized carbons (Fsp3) is 0.500. The van der Waals surface area contributed by atoms with Crippen LogP contribution in [0.15, 0.2) is 40.6 Å². The van der Waals surface area contributed by atoms with Crippen LogP contribution in [-0.2, 0) is 16.0 Å². The van der Waals surface area contributed by atoms with Crippen LogP contribution >= 0.6 is 0 Å². The molecule has 1 N–H and O–H groups in total. The van der Waals surface area contributed by atoms with Crippen molar-refractivity contribution in [2.75, 3.05) is 25.0 Å². The van der Waals surface area contributed by atoms with Crippen molar-refractivity contribution >= 4 is 24.2 Å². The first-order chi connectivity index (χ1) is 16.0. The molecule has 0 unspecified atom stereocenters. The third-order valence-electron chi connectivity index (χ3n) is 5.63. The summed E-state index contributed by atoms with van der Waals surface area (Å²) in [5, 5.41) is 7.02. The Hall–Kier alpha value is -3.13. The van der Waals surface area contributed by atoms with Gasteiger partial charge in [0.1, 0.15) is 5.60 Å². The fourth-order valence-electron chi connectivity index (χ4n) is 4.21. The van der Waals surface area contributed by atoms with Crippen LogP contribution in [0.5, 0.6) is 0 Å². The first-order valence-electron chi connectivity index (χ1n) is 11.6. The van der Waals surface area contributed by atoms with E-state index in [1.165, 1.54) is 0 Å². The highest BCUT2D eigenvalue weighted by atomic mass is 16.6. The van der Waals surface area contributed by atoms with E-state index in [-0.39, 0.29) is 12.2 Å². The number of benzene rings is 1. The Morgan fingerprint density at radius 2 is 1.91 bits per heavy atom. The number of ether oxygens (including phenoxy) is 2. The molecule has 184 valence electrons. The van der Waals surface area contributed by atoms with E-state index in [9.17, 15) is 4.79 Å². The third kappa shape index (κ3) is 6.26. The molecule has 8 nitrogen and oxygen atoms in total. The molecule has 8 heteroatoms. The van der Waals surface area contributed by atoms with E-state index >= 15 is 0 Å². The van der Waals surface area contributed by atoms with Gasteiger partial charge in [0.15, 0.2) is 0 Å². The van der Waals surface area contributed by atoms with Gasteiger partial charge in [0, 0.05) is 39.0 Å². The lowest BCUT2D eigenvalue weighted by Crippen LogP contribution is -2.45. The molecule has 0 bridgehead atoms. The maximum atomic E-state index is 12.0. The molecule has 1 saturated heterocycles. The number of rotatable bonds is 6. The van der Waals surface area contributed by atoms with Crippen molar-refractivity contribution in [2.24, 2.45) is 10.1 Å². The second-order valence-corrected chi connectivity index (χ2v) is 9.80. The zero-order valence-electron chi connectivity index (χ0n) is 21.4. The zero-order chi connectivity index (χ0) is 25.0. The van der Waals surface area contributed by atoms with Gasteiger partial charge in [0.2, 0.25) is 0 Å². The molecule has 1 aliphatic rings. The van der Waals surface area contributed by atoms with Crippen LogP contribution in [0.3, 0.4) is 0 Å². The van der Waals surface area contributed by atoms with Crippen molar-refractivity contribution in [3.8, 4) is 0 Å². The van der Waals surface area contributed by atoms with Gasteiger partial charge in [0.25, 0.3) is 0 Å². The zero-order valence-corrected chi connectivity index (χ0v) is 21.4. The van der Waals surface area contributed by atoms with Gasteiger partial charge in [-0.15, -0.1) is 0 Å². The summed E-state index contributed by atoms with van der Waals surface area (Å²) in [5.74, 6) is 0. The highest BCUT2D eigenvalue weighted by Gasteiger charge is 2.25. The largest absolute Gasteiger partial charge is 0.444 e. The van der Waals surface area contributed by atoms with Gasteiger partial charge in [-0.05, 0) is 64.8 Å². The molecule has 2 heterocycles. The number of anilines is 1. The summed E-state index contributed by atoms with van der Waals surface area (Å²) in [5.41, 5.74) is 5.27. The van der Waals surface area contributed by atoms with Gasteiger partial charge in [0.05, 0.1) is 35.5 Å². The summed E-state index contributed by atoms with van der Waals surface area (Å²) in [6.07, 6.45) is 1.89. The predicted octanol–water partition coefficient (Wildman–Crippen LogP) is 4.37. The molecule has 0 radical (unpaired) electrons. The predicted molar refractivity (Wildman–Crippen MR) is 137 cm³/mol. The molecule has 2 atom stereocenters. The van der Waals surface area contributed by atoms with Gasteiger partial charge in [-0.25, -0.2) is 9.47 Å². The summed E-state index contributed by atoms with van der Waals surface area (Å²) < 4.78 is 13.0. The molecule has 1 aliphatic heterocycles. The quantitative estimate of drug-likeness (QED) is 0.640. The number of aryl methyl sites for hydroxylation is 1. The molecular weight excluding hydrogens is 430 g/mol. The molecule has 3 rings (SSSR count). The maximum Gasteiger partial charge on any atom is 0.407 e. The minimum atomic E-state index is -0.528. The lowest BCUT2D eigenvalue weighted by molar-refractivity contribution is -0.00522. The van der Waals surface area contributed by atoms with E-state index in [4.69, 9.17) is 9.47 Å². The van der Waals surface area contributed by atoms with Crippen LogP contribution in [0, 0.1) is 6.92 Å². The van der Waals surface area contributed by atoms with E-state index in [2.05, 4.69) is 53.0 Å². The minimum Gasteiger partial charge on any atom is -0.444 e. The van der Waals surface area contributed by atoms with Gasteiger partial charge in [-0.1, -0.05) is 12.1 Å². The molecule has 1 aromatic heterocycles. The summed E-state index contributed by atoms with van der Waals surface area (Å²) >= 11 is 0. The average Bonchev–Trinajstić information content (AvgIpc) is 3.16. The topological polar surface area (TPSA) is 80.5 Å². The number of alkyl carbamates (subject to hydrolysis) is 1. The van der Waals surface area contributed by atoms with Crippen LogP contribution < -0.4 is 10.2 Å². The monoisotopic (exact) mass is 467 g/mol. The molecule has 0 aliphatic carbocycles. The minimum absolute atomic E-state index is 0.163. The number of hydrogen-bond acceptors (Lipinski definition) is 6. The number of aliphatic imine (C=N–C) groups is 1. The fourth-order valence-corrected chi connectivity index (χ4v) is 4.21. The van der Waals surface area contributed by atoms with Crippen LogP contribution in [0.1, 0.15) is 57.0 Å². The van der Waals surface area contributed by atoms with Gasteiger partial charge in [-0.3, -0.25) is 4.99 Å². The number of carbonyl (C=O) groups excluding carboxylic acids is 1. The second kappa shape index (κ2) is 10.4. The van der Waals surface area contributed by atoms with Crippen LogP contribution in [0.2, 0.25) is 0 Å². The summed E-state index contributed by atoms with van der Waals surface area (Å²) in [7, 11) is 1.78. The lowest BCUT2D eigenvalue weighted by atomic mass is 10.0. The Morgan fingerprint density at radius 1 is 1.24 bits per heavy atom. The summed E-state index contributed by atoms with van der Waals surface area (Å²) in [4.78, 5) is 18.9. The van der Waals surface area contributed by atoms with Crippen molar-refractivity contribution < 1.29 is 14.3 Å². The number of morpholine rings is 1. The average molecular weight is 468 g/mol. The molecule has 1 amide bonds. The summed E-state index contributed by atoms with van der Waals surface area (Å²) in [6.45, 7) is 17.5. The van der Waals surface area contributed by atoms with Crippen molar-refractivity contribution in [3.63, 3.8) is 0 Å². The Morgan fingerprint density at radius 3 is 2.47 bits per heavy atom. The Bertz CT molecular complexity index is 1060. The first-order valence-corrected chi connectivity index (χ1v) is 11.6. The molecule has 1 aromatic carbocycles. The number of amides is 1. The SMILES string of the molecule is C=Nn1cc(N2C[C@@H](C)O[C@H](C)C2)cc1C(=NC)c1ccc(CNC(=O)OC(C)(C)C)c(C)c1. The molecule has 1 fully saturated rings. The molecular formula is C26H37N5O3. The van der Waals surface area contributed by atoms with Crippen LogP contribution in [-0.4, -0.2) is 61.1 Å². The number of aromatic nitrogens is 1. The Kier molecular flexibility index (Phi) is 7.82. The van der Waals surface area contributed by atoms with E-state index < -0.39 is 11.7 Å². The Labute approximate surface area is 202 Å². The van der Waals surface area contributed by atoms with Crippen LogP contribution in [0.25, 0.3) is 0 Å². The molecule has 0 saturated carbocycles. The summed E-state index contributed by atoms with van der Waals surface area (Å²) in [6, 6.07) is 8.21. The van der Waals surface area contributed by atoms with Gasteiger partial charge in [-0.2, -0.15) is 5.10 Å². The number of nitrogens with zero attached hydrogens (tertiary/aromatic N) is 4. The van der Waals surface area contributed by atoms with Gasteiger partial charge < -0.3 is 19.7 Å². The van der Waals surface area contributed by atoms with E-state index in [1.54, 1.807) is 11.7 Å². The van der Waals surface area contributed by atoms with Crippen molar-refractivity contribution in [3.05, 3.63) is 52.8 Å². The third-order valence-corrected chi connectivity index (χ3v) is 5.63. The number of carbonyl (C=O) groups is 1. The second-order valence-electron chi connectivity index (χ2n) is 9.80. The molecule has 2 aromatic rings. The number of hydrogen-bond donors (Lipinski definition) is 1. The maximum absolute atomic E-state index is 12.0. The normalized spacial score (nSPS) is 19.1. The van der Waals surface area contributed by atoms with Crippen LogP contribution in [0.4, 0.5) is 10.5 Å². The molecule has 34 heavy (non-hydrogen) atoms. The highest BCUT2D eigenvalue weighted by molar-refractivity contribution is 6.12. The van der Waals surface area contributed by atoms with E-state index in [0.29, 0.717) is 6.54 Å². The lowest BCUT2D eigenvalue weighted by Gasteiger charge is -2.36. The Balaban J connectivity index is 1.81. The van der Waals surface area contributed by atoms with Crippen molar-refractivity contribution in [1.82, 2.24) is 9.99 Å². The molecule has 0 spiro atoms. The van der Waals surface area contributed by atoms with E-state index in [1.807, 2.05) is 46.0 Å². The highest BCUT2D eigenvalue weighted by Crippen LogP contribution is 2.26. The van der Waals surface area contributed by atoms with Crippen molar-refractivity contribution in [2.45, 2.75) is 65.9 Å².